The van der Waals surface area contributed by atoms with Crippen LogP contribution in [0.2, 0.25) is 0 Å². The molecule has 0 aromatic carbocycles. The van der Waals surface area contributed by atoms with E-state index in [9.17, 15) is 0 Å². The molecule has 1 aliphatic rings. The fourth-order valence-corrected chi connectivity index (χ4v) is 3.51. The number of hydrogen-bond donors (Lipinski definition) is 1. The van der Waals surface area contributed by atoms with E-state index in [1.165, 1.54) is 9.75 Å². The third-order valence-electron chi connectivity index (χ3n) is 3.67. The highest BCUT2D eigenvalue weighted by molar-refractivity contribution is 7.11. The van der Waals surface area contributed by atoms with E-state index >= 15 is 0 Å². The van der Waals surface area contributed by atoms with Crippen molar-refractivity contribution in [2.75, 3.05) is 32.8 Å². The van der Waals surface area contributed by atoms with Gasteiger partial charge in [-0.2, -0.15) is 0 Å². The maximum atomic E-state index is 5.81. The van der Waals surface area contributed by atoms with Gasteiger partial charge in [0.2, 0.25) is 0 Å². The summed E-state index contributed by atoms with van der Waals surface area (Å²) >= 11 is 1.90. The van der Waals surface area contributed by atoms with Crippen molar-refractivity contribution in [1.29, 1.82) is 0 Å². The van der Waals surface area contributed by atoms with Gasteiger partial charge in [-0.15, -0.1) is 11.3 Å². The first kappa shape index (κ1) is 15.0. The lowest BCUT2D eigenvalue weighted by Gasteiger charge is -2.32. The normalized spacial score (nSPS) is 22.6. The van der Waals surface area contributed by atoms with Crippen molar-refractivity contribution < 1.29 is 4.74 Å². The van der Waals surface area contributed by atoms with Gasteiger partial charge in [0.05, 0.1) is 12.7 Å². The number of thiophene rings is 1. The Bertz CT molecular complexity index is 380. The Morgan fingerprint density at radius 3 is 3.05 bits per heavy atom. The molecule has 0 radical (unpaired) electrons. The van der Waals surface area contributed by atoms with E-state index in [-0.39, 0.29) is 0 Å². The van der Waals surface area contributed by atoms with Gasteiger partial charge >= 0.3 is 0 Å². The van der Waals surface area contributed by atoms with Crippen molar-refractivity contribution in [1.82, 2.24) is 10.2 Å². The Balaban J connectivity index is 1.69. The van der Waals surface area contributed by atoms with Crippen molar-refractivity contribution >= 4 is 11.3 Å². The number of ether oxygens (including phenoxy) is 1. The Labute approximate surface area is 121 Å². The smallest absolute Gasteiger partial charge is 0.0826 e. The second-order valence-electron chi connectivity index (χ2n) is 5.41. The van der Waals surface area contributed by atoms with Crippen LogP contribution in [0.4, 0.5) is 0 Å². The first-order chi connectivity index (χ1) is 9.17. The van der Waals surface area contributed by atoms with Crippen LogP contribution in [0.1, 0.15) is 23.6 Å². The lowest BCUT2D eigenvalue weighted by Crippen LogP contribution is -2.47. The summed E-state index contributed by atoms with van der Waals surface area (Å²) in [5, 5.41) is 3.61. The van der Waals surface area contributed by atoms with Crippen LogP contribution in [0.15, 0.2) is 12.1 Å². The van der Waals surface area contributed by atoms with Gasteiger partial charge in [0.1, 0.15) is 0 Å². The summed E-state index contributed by atoms with van der Waals surface area (Å²) in [6, 6.07) is 4.96. The molecule has 1 N–H and O–H groups in total. The summed E-state index contributed by atoms with van der Waals surface area (Å²) in [7, 11) is 0. The number of morpholine rings is 1. The molecule has 2 atom stereocenters. The van der Waals surface area contributed by atoms with E-state index in [0.29, 0.717) is 12.1 Å². The number of nitrogens with zero attached hydrogens (tertiary/aromatic N) is 1. The second kappa shape index (κ2) is 7.39. The van der Waals surface area contributed by atoms with E-state index in [1.807, 2.05) is 11.3 Å². The van der Waals surface area contributed by atoms with Gasteiger partial charge in [-0.3, -0.25) is 4.90 Å². The average molecular weight is 282 g/mol. The van der Waals surface area contributed by atoms with Gasteiger partial charge < -0.3 is 10.1 Å². The highest BCUT2D eigenvalue weighted by atomic mass is 32.1. The van der Waals surface area contributed by atoms with Crippen LogP contribution in [-0.4, -0.2) is 49.8 Å². The predicted octanol–water partition coefficient (Wildman–Crippen LogP) is 2.30. The zero-order chi connectivity index (χ0) is 13.7. The zero-order valence-corrected chi connectivity index (χ0v) is 13.1. The molecule has 4 heteroatoms. The Hall–Kier alpha value is -0.420. The minimum Gasteiger partial charge on any atom is -0.374 e. The summed E-state index contributed by atoms with van der Waals surface area (Å²) < 4.78 is 5.81. The molecule has 1 fully saturated rings. The topological polar surface area (TPSA) is 24.5 Å². The highest BCUT2D eigenvalue weighted by Crippen LogP contribution is 2.16. The third kappa shape index (κ3) is 4.88. The van der Waals surface area contributed by atoms with Crippen LogP contribution in [0.5, 0.6) is 0 Å². The lowest BCUT2D eigenvalue weighted by atomic mass is 10.2. The van der Waals surface area contributed by atoms with E-state index in [2.05, 4.69) is 43.1 Å². The number of hydrogen-bond acceptors (Lipinski definition) is 4. The minimum absolute atomic E-state index is 0.348. The predicted molar refractivity (Wildman–Crippen MR) is 82.1 cm³/mol. The SMILES string of the molecule is CCN1CCOC(CNC(C)Cc2ccc(C)s2)C1. The van der Waals surface area contributed by atoms with Crippen molar-refractivity contribution in [3.05, 3.63) is 21.9 Å². The summed E-state index contributed by atoms with van der Waals surface area (Å²) in [4.78, 5) is 5.33. The lowest BCUT2D eigenvalue weighted by molar-refractivity contribution is -0.0261. The maximum absolute atomic E-state index is 5.81. The molecule has 0 spiro atoms. The molecule has 0 amide bonds. The van der Waals surface area contributed by atoms with Crippen molar-refractivity contribution in [2.24, 2.45) is 0 Å². The monoisotopic (exact) mass is 282 g/mol. The summed E-state index contributed by atoms with van der Waals surface area (Å²) in [5.74, 6) is 0. The molecule has 1 aliphatic heterocycles. The Morgan fingerprint density at radius 2 is 2.37 bits per heavy atom. The molecule has 1 aromatic heterocycles. The Morgan fingerprint density at radius 1 is 1.53 bits per heavy atom. The number of likely N-dealkylation sites (N-methyl/N-ethyl adjacent to an activating group) is 1. The van der Waals surface area contributed by atoms with Crippen LogP contribution >= 0.6 is 11.3 Å². The van der Waals surface area contributed by atoms with E-state index in [1.54, 1.807) is 0 Å². The summed E-state index contributed by atoms with van der Waals surface area (Å²) in [6.07, 6.45) is 1.46. The van der Waals surface area contributed by atoms with Gasteiger partial charge in [-0.05, 0) is 38.9 Å². The summed E-state index contributed by atoms with van der Waals surface area (Å²) in [5.41, 5.74) is 0. The van der Waals surface area contributed by atoms with Crippen LogP contribution < -0.4 is 5.32 Å². The van der Waals surface area contributed by atoms with Gasteiger partial charge in [-0.1, -0.05) is 6.92 Å². The van der Waals surface area contributed by atoms with Crippen molar-refractivity contribution in [2.45, 2.75) is 39.3 Å². The molecule has 0 saturated carbocycles. The molecular weight excluding hydrogens is 256 g/mol. The molecule has 108 valence electrons. The first-order valence-electron chi connectivity index (χ1n) is 7.30. The van der Waals surface area contributed by atoms with Gasteiger partial charge in [0.15, 0.2) is 0 Å². The highest BCUT2D eigenvalue weighted by Gasteiger charge is 2.19. The largest absolute Gasteiger partial charge is 0.374 e. The molecule has 2 unspecified atom stereocenters. The van der Waals surface area contributed by atoms with Gasteiger partial charge in [-0.25, -0.2) is 0 Å². The molecule has 1 saturated heterocycles. The average Bonchev–Trinajstić information content (AvgIpc) is 2.82. The zero-order valence-electron chi connectivity index (χ0n) is 12.3. The first-order valence-corrected chi connectivity index (χ1v) is 8.11. The van der Waals surface area contributed by atoms with Crippen LogP contribution in [0.3, 0.4) is 0 Å². The molecule has 19 heavy (non-hydrogen) atoms. The third-order valence-corrected chi connectivity index (χ3v) is 4.69. The molecule has 3 nitrogen and oxygen atoms in total. The fraction of sp³-hybridized carbons (Fsp3) is 0.733. The standard InChI is InChI=1S/C15H26N2OS/c1-4-17-7-8-18-14(11-17)10-16-12(2)9-15-6-5-13(3)19-15/h5-6,12,14,16H,4,7-11H2,1-3H3. The number of aryl methyl sites for hydroxylation is 1. The van der Waals surface area contributed by atoms with Crippen LogP contribution in [-0.2, 0) is 11.2 Å². The van der Waals surface area contributed by atoms with Gasteiger partial charge in [0, 0.05) is 35.4 Å². The number of nitrogens with one attached hydrogen (secondary N) is 1. The second-order valence-corrected chi connectivity index (χ2v) is 6.78. The van der Waals surface area contributed by atoms with Crippen molar-refractivity contribution in [3.8, 4) is 0 Å². The van der Waals surface area contributed by atoms with E-state index in [4.69, 9.17) is 4.74 Å². The molecule has 0 bridgehead atoms. The Kier molecular flexibility index (Phi) is 5.82. The fourth-order valence-electron chi connectivity index (χ4n) is 2.49. The van der Waals surface area contributed by atoms with Crippen LogP contribution in [0.25, 0.3) is 0 Å². The van der Waals surface area contributed by atoms with Gasteiger partial charge in [0.25, 0.3) is 0 Å². The van der Waals surface area contributed by atoms with Crippen molar-refractivity contribution in [3.63, 3.8) is 0 Å². The summed E-state index contributed by atoms with van der Waals surface area (Å²) in [6.45, 7) is 11.8. The van der Waals surface area contributed by atoms with Crippen LogP contribution in [0, 0.1) is 6.92 Å². The number of rotatable bonds is 6. The van der Waals surface area contributed by atoms with E-state index in [0.717, 1.165) is 39.2 Å². The quantitative estimate of drug-likeness (QED) is 0.866. The molecule has 0 aliphatic carbocycles. The molecular formula is C15H26N2OS. The van der Waals surface area contributed by atoms with E-state index < -0.39 is 0 Å². The molecule has 1 aromatic rings. The maximum Gasteiger partial charge on any atom is 0.0826 e. The minimum atomic E-state index is 0.348. The molecule has 2 heterocycles. The molecule has 2 rings (SSSR count).